The first-order valence-electron chi connectivity index (χ1n) is 7.43. The van der Waals surface area contributed by atoms with Gasteiger partial charge in [0.15, 0.2) is 0 Å². The molecule has 1 unspecified atom stereocenters. The van der Waals surface area contributed by atoms with E-state index in [1.807, 2.05) is 0 Å². The number of hydrogen-bond acceptors (Lipinski definition) is 2. The van der Waals surface area contributed by atoms with Crippen LogP contribution in [0, 0.1) is 0 Å². The van der Waals surface area contributed by atoms with E-state index < -0.39 is 0 Å². The molecule has 18 heavy (non-hydrogen) atoms. The first-order valence-corrected chi connectivity index (χ1v) is 7.43. The van der Waals surface area contributed by atoms with Crippen molar-refractivity contribution in [2.45, 2.75) is 45.1 Å². The summed E-state index contributed by atoms with van der Waals surface area (Å²) in [5.41, 5.74) is 1.36. The molecule has 0 spiro atoms. The average Bonchev–Trinajstić information content (AvgIpc) is 2.46. The minimum Gasteiger partial charge on any atom is -0.372 e. The maximum atomic E-state index is 3.63. The molecule has 100 valence electrons. The van der Waals surface area contributed by atoms with E-state index in [0.717, 1.165) is 12.6 Å². The molecular weight excluding hydrogens is 220 g/mol. The Morgan fingerprint density at radius 3 is 2.72 bits per heavy atom. The molecule has 2 rings (SSSR count). The molecule has 0 amide bonds. The Bertz CT molecular complexity index is 317. The Morgan fingerprint density at radius 1 is 1.22 bits per heavy atom. The van der Waals surface area contributed by atoms with E-state index >= 15 is 0 Å². The van der Waals surface area contributed by atoms with Crippen LogP contribution in [0.25, 0.3) is 0 Å². The first-order chi connectivity index (χ1) is 8.90. The maximum Gasteiger partial charge on any atom is 0.0366 e. The highest BCUT2D eigenvalue weighted by Gasteiger charge is 2.12. The average molecular weight is 246 g/mol. The van der Waals surface area contributed by atoms with Gasteiger partial charge in [0.2, 0.25) is 0 Å². The van der Waals surface area contributed by atoms with Crippen LogP contribution in [-0.2, 0) is 0 Å². The number of rotatable bonds is 6. The highest BCUT2D eigenvalue weighted by molar-refractivity contribution is 5.45. The van der Waals surface area contributed by atoms with Crippen LogP contribution in [0.3, 0.4) is 0 Å². The standard InChI is InChI=1S/C16H26N2/c1-2-18(16-11-4-3-5-12-16)14-8-10-15-9-6-7-13-17-15/h3-5,11-12,15,17H,2,6-10,13-14H2,1H3. The molecule has 1 fully saturated rings. The van der Waals surface area contributed by atoms with Crippen molar-refractivity contribution in [2.75, 3.05) is 24.5 Å². The molecule has 1 aromatic carbocycles. The van der Waals surface area contributed by atoms with Crippen LogP contribution in [0.2, 0.25) is 0 Å². The van der Waals surface area contributed by atoms with E-state index in [0.29, 0.717) is 0 Å². The molecule has 1 aromatic rings. The molecule has 0 aromatic heterocycles. The molecule has 2 heteroatoms. The fourth-order valence-electron chi connectivity index (χ4n) is 2.81. The van der Waals surface area contributed by atoms with E-state index in [1.54, 1.807) is 0 Å². The molecule has 2 nitrogen and oxygen atoms in total. The molecule has 1 heterocycles. The van der Waals surface area contributed by atoms with Crippen LogP contribution in [0.15, 0.2) is 30.3 Å². The summed E-state index contributed by atoms with van der Waals surface area (Å²) in [4.78, 5) is 2.48. The van der Waals surface area contributed by atoms with Crippen molar-refractivity contribution < 1.29 is 0 Å². The third kappa shape index (κ3) is 4.02. The molecule has 0 bridgehead atoms. The molecule has 1 aliphatic rings. The predicted octanol–water partition coefficient (Wildman–Crippen LogP) is 3.44. The lowest BCUT2D eigenvalue weighted by molar-refractivity contribution is 0.376. The van der Waals surface area contributed by atoms with Crippen LogP contribution < -0.4 is 10.2 Å². The lowest BCUT2D eigenvalue weighted by Gasteiger charge is -2.26. The zero-order chi connectivity index (χ0) is 12.6. The number of piperidine rings is 1. The number of nitrogens with zero attached hydrogens (tertiary/aromatic N) is 1. The quantitative estimate of drug-likeness (QED) is 0.827. The highest BCUT2D eigenvalue weighted by Crippen LogP contribution is 2.16. The normalized spacial score (nSPS) is 19.7. The molecule has 1 atom stereocenters. The summed E-state index contributed by atoms with van der Waals surface area (Å²) < 4.78 is 0. The Labute approximate surface area is 111 Å². The highest BCUT2D eigenvalue weighted by atomic mass is 15.1. The second-order valence-corrected chi connectivity index (χ2v) is 5.20. The first kappa shape index (κ1) is 13.4. The lowest BCUT2D eigenvalue weighted by Crippen LogP contribution is -2.35. The monoisotopic (exact) mass is 246 g/mol. The summed E-state index contributed by atoms with van der Waals surface area (Å²) in [5, 5.41) is 3.63. The molecule has 1 N–H and O–H groups in total. The summed E-state index contributed by atoms with van der Waals surface area (Å²) in [6.07, 6.45) is 6.76. The number of para-hydroxylation sites is 1. The maximum absolute atomic E-state index is 3.63. The van der Waals surface area contributed by atoms with Gasteiger partial charge in [0, 0.05) is 24.8 Å². The zero-order valence-electron chi connectivity index (χ0n) is 11.6. The minimum absolute atomic E-state index is 0.772. The summed E-state index contributed by atoms with van der Waals surface area (Å²) >= 11 is 0. The smallest absolute Gasteiger partial charge is 0.0366 e. The molecule has 0 aliphatic carbocycles. The number of anilines is 1. The Balaban J connectivity index is 1.73. The topological polar surface area (TPSA) is 15.3 Å². The van der Waals surface area contributed by atoms with E-state index in [2.05, 4.69) is 47.5 Å². The van der Waals surface area contributed by atoms with Gasteiger partial charge in [-0.25, -0.2) is 0 Å². The largest absolute Gasteiger partial charge is 0.372 e. The second kappa shape index (κ2) is 7.42. The van der Waals surface area contributed by atoms with Crippen molar-refractivity contribution in [3.05, 3.63) is 30.3 Å². The number of nitrogens with one attached hydrogen (secondary N) is 1. The third-order valence-corrected chi connectivity index (χ3v) is 3.90. The van der Waals surface area contributed by atoms with Gasteiger partial charge in [-0.15, -0.1) is 0 Å². The van der Waals surface area contributed by atoms with Gasteiger partial charge in [0.05, 0.1) is 0 Å². The van der Waals surface area contributed by atoms with E-state index in [-0.39, 0.29) is 0 Å². The molecule has 0 saturated carbocycles. The third-order valence-electron chi connectivity index (χ3n) is 3.90. The van der Waals surface area contributed by atoms with Crippen molar-refractivity contribution in [3.8, 4) is 0 Å². The van der Waals surface area contributed by atoms with Crippen LogP contribution in [0.5, 0.6) is 0 Å². The lowest BCUT2D eigenvalue weighted by atomic mass is 10.0. The van der Waals surface area contributed by atoms with Gasteiger partial charge in [0.25, 0.3) is 0 Å². The van der Waals surface area contributed by atoms with E-state index in [4.69, 9.17) is 0 Å². The van der Waals surface area contributed by atoms with Gasteiger partial charge in [-0.05, 0) is 51.3 Å². The van der Waals surface area contributed by atoms with Crippen LogP contribution in [0.4, 0.5) is 5.69 Å². The number of hydrogen-bond donors (Lipinski definition) is 1. The van der Waals surface area contributed by atoms with Crippen LogP contribution in [0.1, 0.15) is 39.0 Å². The summed E-state index contributed by atoms with van der Waals surface area (Å²) in [6.45, 7) is 5.74. The van der Waals surface area contributed by atoms with Crippen LogP contribution in [-0.4, -0.2) is 25.7 Å². The van der Waals surface area contributed by atoms with Gasteiger partial charge in [-0.3, -0.25) is 0 Å². The summed E-state index contributed by atoms with van der Waals surface area (Å²) in [5.74, 6) is 0. The van der Waals surface area contributed by atoms with Gasteiger partial charge in [-0.2, -0.15) is 0 Å². The fraction of sp³-hybridized carbons (Fsp3) is 0.625. The summed E-state index contributed by atoms with van der Waals surface area (Å²) in [7, 11) is 0. The Kier molecular flexibility index (Phi) is 5.53. The molecule has 0 radical (unpaired) electrons. The van der Waals surface area contributed by atoms with Crippen molar-refractivity contribution in [1.29, 1.82) is 0 Å². The Hall–Kier alpha value is -1.02. The van der Waals surface area contributed by atoms with Gasteiger partial charge >= 0.3 is 0 Å². The van der Waals surface area contributed by atoms with Crippen LogP contribution >= 0.6 is 0 Å². The van der Waals surface area contributed by atoms with Crippen molar-refractivity contribution in [2.24, 2.45) is 0 Å². The van der Waals surface area contributed by atoms with Crippen molar-refractivity contribution >= 4 is 5.69 Å². The molecule has 1 aliphatic heterocycles. The summed E-state index contributed by atoms with van der Waals surface area (Å²) in [6, 6.07) is 11.5. The molecule has 1 saturated heterocycles. The molecular formula is C16H26N2. The second-order valence-electron chi connectivity index (χ2n) is 5.20. The van der Waals surface area contributed by atoms with E-state index in [1.165, 1.54) is 50.9 Å². The van der Waals surface area contributed by atoms with Gasteiger partial charge in [0.1, 0.15) is 0 Å². The SMILES string of the molecule is CCN(CCCC1CCCCN1)c1ccccc1. The Morgan fingerprint density at radius 2 is 2.06 bits per heavy atom. The zero-order valence-corrected chi connectivity index (χ0v) is 11.6. The fourth-order valence-corrected chi connectivity index (χ4v) is 2.81. The van der Waals surface area contributed by atoms with Gasteiger partial charge in [-0.1, -0.05) is 24.6 Å². The van der Waals surface area contributed by atoms with Gasteiger partial charge < -0.3 is 10.2 Å². The minimum atomic E-state index is 0.772. The van der Waals surface area contributed by atoms with E-state index in [9.17, 15) is 0 Å². The van der Waals surface area contributed by atoms with Crippen molar-refractivity contribution in [1.82, 2.24) is 5.32 Å². The van der Waals surface area contributed by atoms with Crippen molar-refractivity contribution in [3.63, 3.8) is 0 Å². The predicted molar refractivity (Wildman–Crippen MR) is 79.2 cm³/mol. The number of benzene rings is 1.